The maximum atomic E-state index is 11.8. The summed E-state index contributed by atoms with van der Waals surface area (Å²) in [5, 5.41) is 15.0. The number of amides is 2. The van der Waals surface area contributed by atoms with Gasteiger partial charge in [-0.15, -0.1) is 0 Å². The van der Waals surface area contributed by atoms with Gasteiger partial charge in [0.15, 0.2) is 9.84 Å². The zero-order valence-electron chi connectivity index (χ0n) is 10.5. The normalized spacial score (nSPS) is 19.2. The van der Waals surface area contributed by atoms with Gasteiger partial charge in [0.25, 0.3) is 0 Å². The fraction of sp³-hybridized carbons (Fsp3) is 0.167. The van der Waals surface area contributed by atoms with Crippen LogP contribution in [0, 0.1) is 0 Å². The third-order valence-corrected chi connectivity index (χ3v) is 4.79. The van der Waals surface area contributed by atoms with E-state index in [2.05, 4.69) is 26.6 Å². The number of anilines is 1. The van der Waals surface area contributed by atoms with Gasteiger partial charge >= 0.3 is 12.0 Å². The molecule has 0 spiro atoms. The molecule has 1 unspecified atom stereocenters. The summed E-state index contributed by atoms with van der Waals surface area (Å²) in [5.41, 5.74) is 0.0291. The van der Waals surface area contributed by atoms with Gasteiger partial charge in [0, 0.05) is 9.88 Å². The Morgan fingerprint density at radius 1 is 1.33 bits per heavy atom. The number of carbonyl (C=O) groups excluding carboxylic acids is 1. The molecule has 3 N–H and O–H groups in total. The number of para-hydroxylation sites is 1. The summed E-state index contributed by atoms with van der Waals surface area (Å²) >= 11 is 3.16. The molecule has 112 valence electrons. The first-order valence-corrected chi connectivity index (χ1v) is 8.29. The lowest BCUT2D eigenvalue weighted by Gasteiger charge is -2.14. The van der Waals surface area contributed by atoms with E-state index in [4.69, 9.17) is 5.11 Å². The third kappa shape index (κ3) is 3.82. The molecule has 1 heterocycles. The summed E-state index contributed by atoms with van der Waals surface area (Å²) in [6.45, 7) is 0. The third-order valence-electron chi connectivity index (χ3n) is 2.73. The van der Waals surface area contributed by atoms with Crippen LogP contribution in [0.3, 0.4) is 0 Å². The first kappa shape index (κ1) is 15.5. The number of carboxylic acid groups (broad SMARTS) is 1. The number of hydrogen-bond donors (Lipinski definition) is 3. The lowest BCUT2D eigenvalue weighted by molar-refractivity contribution is 0.0698. The van der Waals surface area contributed by atoms with Crippen LogP contribution in [0.4, 0.5) is 10.5 Å². The molecule has 0 aliphatic carbocycles. The van der Waals surface area contributed by atoms with Crippen LogP contribution in [0.15, 0.2) is 34.2 Å². The highest BCUT2D eigenvalue weighted by atomic mass is 79.9. The van der Waals surface area contributed by atoms with E-state index in [0.29, 0.717) is 4.47 Å². The molecule has 21 heavy (non-hydrogen) atoms. The molecule has 0 saturated carbocycles. The number of urea groups is 1. The van der Waals surface area contributed by atoms with E-state index >= 15 is 0 Å². The Hall–Kier alpha value is -1.87. The average Bonchev–Trinajstić information content (AvgIpc) is 2.70. The van der Waals surface area contributed by atoms with Crippen LogP contribution in [0.25, 0.3) is 0 Å². The summed E-state index contributed by atoms with van der Waals surface area (Å²) in [4.78, 5) is 22.9. The molecule has 0 radical (unpaired) electrons. The van der Waals surface area contributed by atoms with Crippen LogP contribution in [-0.2, 0) is 9.84 Å². The highest BCUT2D eigenvalue weighted by Gasteiger charge is 2.24. The summed E-state index contributed by atoms with van der Waals surface area (Å²) in [5.74, 6) is -1.39. The van der Waals surface area contributed by atoms with E-state index in [0.717, 1.165) is 5.41 Å². The predicted octanol–water partition coefficient (Wildman–Crippen LogP) is 1.58. The minimum atomic E-state index is -3.27. The van der Waals surface area contributed by atoms with Crippen LogP contribution in [-0.4, -0.2) is 37.3 Å². The minimum absolute atomic E-state index is 0.0749. The Kier molecular flexibility index (Phi) is 4.33. The van der Waals surface area contributed by atoms with Crippen molar-refractivity contribution in [2.24, 2.45) is 0 Å². The first-order chi connectivity index (χ1) is 9.78. The van der Waals surface area contributed by atoms with Crippen LogP contribution in [0.2, 0.25) is 0 Å². The summed E-state index contributed by atoms with van der Waals surface area (Å²) in [6.07, 6.45) is 1.37. The van der Waals surface area contributed by atoms with Crippen LogP contribution in [0.1, 0.15) is 10.4 Å². The number of sulfone groups is 1. The van der Waals surface area contributed by atoms with Crippen LogP contribution < -0.4 is 10.6 Å². The fourth-order valence-corrected chi connectivity index (χ4v) is 3.51. The SMILES string of the molecule is O=C(Nc1c(Br)cccc1C(=O)O)NC1C=CS(=O)(=O)C1. The number of benzene rings is 1. The number of aromatic carboxylic acids is 1. The van der Waals surface area contributed by atoms with Crippen molar-refractivity contribution < 1.29 is 23.1 Å². The van der Waals surface area contributed by atoms with Gasteiger partial charge in [-0.1, -0.05) is 6.07 Å². The molecule has 1 aliphatic heterocycles. The Morgan fingerprint density at radius 2 is 2.05 bits per heavy atom. The van der Waals surface area contributed by atoms with E-state index in [-0.39, 0.29) is 17.0 Å². The standard InChI is InChI=1S/C12H11BrN2O5S/c13-9-3-1-2-8(11(16)17)10(9)15-12(18)14-7-4-5-21(19,20)6-7/h1-5,7H,6H2,(H,16,17)(H2,14,15,18). The minimum Gasteiger partial charge on any atom is -0.478 e. The summed E-state index contributed by atoms with van der Waals surface area (Å²) in [7, 11) is -3.27. The summed E-state index contributed by atoms with van der Waals surface area (Å²) in [6, 6.07) is 3.15. The second-order valence-corrected chi connectivity index (χ2v) is 7.12. The molecule has 0 bridgehead atoms. The summed E-state index contributed by atoms with van der Waals surface area (Å²) < 4.78 is 22.9. The molecule has 1 atom stereocenters. The van der Waals surface area contributed by atoms with Gasteiger partial charge < -0.3 is 15.7 Å². The molecule has 1 aromatic rings. The van der Waals surface area contributed by atoms with Crippen LogP contribution >= 0.6 is 15.9 Å². The predicted molar refractivity (Wildman–Crippen MR) is 80.0 cm³/mol. The molecular formula is C12H11BrN2O5S. The molecule has 0 fully saturated rings. The molecule has 1 aromatic carbocycles. The number of rotatable bonds is 3. The Bertz CT molecular complexity index is 729. The largest absolute Gasteiger partial charge is 0.478 e. The van der Waals surface area contributed by atoms with E-state index in [1.54, 1.807) is 6.07 Å². The van der Waals surface area contributed by atoms with Crippen molar-refractivity contribution >= 4 is 43.5 Å². The Balaban J connectivity index is 2.11. The van der Waals surface area contributed by atoms with Crippen molar-refractivity contribution in [3.8, 4) is 0 Å². The number of carbonyl (C=O) groups is 2. The second kappa shape index (κ2) is 5.86. The molecule has 0 saturated heterocycles. The fourth-order valence-electron chi connectivity index (χ4n) is 1.81. The van der Waals surface area contributed by atoms with Gasteiger partial charge in [0.05, 0.1) is 23.0 Å². The topological polar surface area (TPSA) is 113 Å². The van der Waals surface area contributed by atoms with Gasteiger partial charge in [0.2, 0.25) is 0 Å². The smallest absolute Gasteiger partial charge is 0.337 e. The molecule has 2 amide bonds. The second-order valence-electron chi connectivity index (χ2n) is 4.33. The first-order valence-electron chi connectivity index (χ1n) is 5.79. The average molecular weight is 375 g/mol. The van der Waals surface area contributed by atoms with Crippen molar-refractivity contribution in [3.63, 3.8) is 0 Å². The quantitative estimate of drug-likeness (QED) is 0.743. The molecule has 7 nitrogen and oxygen atoms in total. The van der Waals surface area contributed by atoms with E-state index in [1.807, 2.05) is 0 Å². The molecule has 9 heteroatoms. The zero-order chi connectivity index (χ0) is 15.6. The number of halogens is 1. The number of carboxylic acids is 1. The van der Waals surface area contributed by atoms with Crippen molar-refractivity contribution in [2.45, 2.75) is 6.04 Å². The van der Waals surface area contributed by atoms with Crippen molar-refractivity contribution in [1.29, 1.82) is 0 Å². The highest BCUT2D eigenvalue weighted by Crippen LogP contribution is 2.26. The monoisotopic (exact) mass is 374 g/mol. The lowest BCUT2D eigenvalue weighted by atomic mass is 10.2. The molecule has 2 rings (SSSR count). The van der Waals surface area contributed by atoms with Gasteiger partial charge in [-0.05, 0) is 34.1 Å². The van der Waals surface area contributed by atoms with Crippen molar-refractivity contribution in [1.82, 2.24) is 5.32 Å². The van der Waals surface area contributed by atoms with Crippen LogP contribution in [0.5, 0.6) is 0 Å². The van der Waals surface area contributed by atoms with E-state index in [1.165, 1.54) is 18.2 Å². The van der Waals surface area contributed by atoms with E-state index in [9.17, 15) is 18.0 Å². The Labute approximate surface area is 129 Å². The van der Waals surface area contributed by atoms with Gasteiger partial charge in [-0.2, -0.15) is 0 Å². The zero-order valence-corrected chi connectivity index (χ0v) is 12.9. The highest BCUT2D eigenvalue weighted by molar-refractivity contribution is 9.10. The number of hydrogen-bond acceptors (Lipinski definition) is 4. The van der Waals surface area contributed by atoms with Gasteiger partial charge in [-0.3, -0.25) is 0 Å². The van der Waals surface area contributed by atoms with E-state index < -0.39 is 27.9 Å². The van der Waals surface area contributed by atoms with Gasteiger partial charge in [-0.25, -0.2) is 18.0 Å². The molecular weight excluding hydrogens is 364 g/mol. The van der Waals surface area contributed by atoms with Crippen molar-refractivity contribution in [3.05, 3.63) is 39.7 Å². The Morgan fingerprint density at radius 3 is 2.62 bits per heavy atom. The maximum Gasteiger partial charge on any atom is 0.337 e. The number of nitrogens with one attached hydrogen (secondary N) is 2. The van der Waals surface area contributed by atoms with Gasteiger partial charge in [0.1, 0.15) is 0 Å². The van der Waals surface area contributed by atoms with Crippen molar-refractivity contribution in [2.75, 3.05) is 11.1 Å². The lowest BCUT2D eigenvalue weighted by Crippen LogP contribution is -2.38. The molecule has 0 aromatic heterocycles. The molecule has 1 aliphatic rings. The maximum absolute atomic E-state index is 11.8.